The second-order valence-corrected chi connectivity index (χ2v) is 7.61. The predicted molar refractivity (Wildman–Crippen MR) is 82.1 cm³/mol. The lowest BCUT2D eigenvalue weighted by molar-refractivity contribution is 0.126. The SMILES string of the molecule is CCOc1ccc(C(N)CS(=O)(=O)C2CCOC2C)cc1. The van der Waals surface area contributed by atoms with Gasteiger partial charge in [-0.2, -0.15) is 0 Å². The topological polar surface area (TPSA) is 78.6 Å². The molecule has 1 fully saturated rings. The molecule has 3 atom stereocenters. The molecule has 0 amide bonds. The van der Waals surface area contributed by atoms with Crippen molar-refractivity contribution in [1.29, 1.82) is 0 Å². The average Bonchev–Trinajstić information content (AvgIpc) is 2.86. The van der Waals surface area contributed by atoms with Crippen molar-refractivity contribution in [3.8, 4) is 5.75 Å². The third-order valence-electron chi connectivity index (χ3n) is 3.80. The third-order valence-corrected chi connectivity index (χ3v) is 6.16. The Kier molecular flexibility index (Phi) is 5.24. The standard InChI is InChI=1S/C15H23NO4S/c1-3-19-13-6-4-12(5-7-13)14(16)10-21(17,18)15-8-9-20-11(15)2/h4-7,11,14-15H,3,8-10,16H2,1-2H3. The van der Waals surface area contributed by atoms with Gasteiger partial charge in [0.05, 0.1) is 23.7 Å². The Hall–Kier alpha value is -1.11. The van der Waals surface area contributed by atoms with Gasteiger partial charge in [0.25, 0.3) is 0 Å². The van der Waals surface area contributed by atoms with Crippen LogP contribution in [0.3, 0.4) is 0 Å². The number of sulfone groups is 1. The molecule has 2 rings (SSSR count). The monoisotopic (exact) mass is 313 g/mol. The van der Waals surface area contributed by atoms with Crippen LogP contribution in [-0.4, -0.2) is 38.7 Å². The molecule has 1 saturated heterocycles. The van der Waals surface area contributed by atoms with E-state index in [1.807, 2.05) is 31.2 Å². The molecule has 6 heteroatoms. The van der Waals surface area contributed by atoms with E-state index < -0.39 is 21.1 Å². The van der Waals surface area contributed by atoms with E-state index in [4.69, 9.17) is 15.2 Å². The maximum Gasteiger partial charge on any atom is 0.157 e. The van der Waals surface area contributed by atoms with Crippen LogP contribution in [0.4, 0.5) is 0 Å². The van der Waals surface area contributed by atoms with E-state index in [0.29, 0.717) is 19.6 Å². The summed E-state index contributed by atoms with van der Waals surface area (Å²) in [7, 11) is -3.26. The van der Waals surface area contributed by atoms with E-state index in [1.165, 1.54) is 0 Å². The van der Waals surface area contributed by atoms with Gasteiger partial charge in [0.15, 0.2) is 9.84 Å². The largest absolute Gasteiger partial charge is 0.494 e. The minimum atomic E-state index is -3.26. The molecule has 118 valence electrons. The second-order valence-electron chi connectivity index (χ2n) is 5.34. The van der Waals surface area contributed by atoms with Gasteiger partial charge >= 0.3 is 0 Å². The van der Waals surface area contributed by atoms with Gasteiger partial charge in [-0.25, -0.2) is 8.42 Å². The highest BCUT2D eigenvalue weighted by molar-refractivity contribution is 7.92. The van der Waals surface area contributed by atoms with Gasteiger partial charge in [0.2, 0.25) is 0 Å². The predicted octanol–water partition coefficient (Wildman–Crippen LogP) is 1.68. The summed E-state index contributed by atoms with van der Waals surface area (Å²) < 4.78 is 35.5. The van der Waals surface area contributed by atoms with Gasteiger partial charge in [0.1, 0.15) is 5.75 Å². The summed E-state index contributed by atoms with van der Waals surface area (Å²) in [5.41, 5.74) is 6.86. The zero-order chi connectivity index (χ0) is 15.5. The quantitative estimate of drug-likeness (QED) is 0.864. The highest BCUT2D eigenvalue weighted by atomic mass is 32.2. The second kappa shape index (κ2) is 6.77. The van der Waals surface area contributed by atoms with Gasteiger partial charge in [-0.15, -0.1) is 0 Å². The fraction of sp³-hybridized carbons (Fsp3) is 0.600. The molecule has 0 saturated carbocycles. The van der Waals surface area contributed by atoms with E-state index in [-0.39, 0.29) is 11.9 Å². The molecule has 0 aliphatic carbocycles. The molecule has 5 nitrogen and oxygen atoms in total. The lowest BCUT2D eigenvalue weighted by Crippen LogP contribution is -2.34. The molecular formula is C15H23NO4S. The number of hydrogen-bond acceptors (Lipinski definition) is 5. The molecule has 0 bridgehead atoms. The van der Waals surface area contributed by atoms with Crippen LogP contribution < -0.4 is 10.5 Å². The van der Waals surface area contributed by atoms with Gasteiger partial charge in [-0.3, -0.25) is 0 Å². The average molecular weight is 313 g/mol. The highest BCUT2D eigenvalue weighted by Crippen LogP contribution is 2.25. The van der Waals surface area contributed by atoms with Crippen molar-refractivity contribution in [3.05, 3.63) is 29.8 Å². The van der Waals surface area contributed by atoms with Crippen molar-refractivity contribution in [2.75, 3.05) is 19.0 Å². The van der Waals surface area contributed by atoms with Gasteiger partial charge in [-0.1, -0.05) is 12.1 Å². The van der Waals surface area contributed by atoms with Crippen LogP contribution in [0.15, 0.2) is 24.3 Å². The summed E-state index contributed by atoms with van der Waals surface area (Å²) in [4.78, 5) is 0. The molecule has 3 unspecified atom stereocenters. The Balaban J connectivity index is 2.04. The first-order valence-corrected chi connectivity index (χ1v) is 8.97. The Labute approximate surface area is 126 Å². The Morgan fingerprint density at radius 1 is 1.38 bits per heavy atom. The lowest BCUT2D eigenvalue weighted by atomic mass is 10.1. The molecule has 0 radical (unpaired) electrons. The van der Waals surface area contributed by atoms with Crippen molar-refractivity contribution in [1.82, 2.24) is 0 Å². The minimum Gasteiger partial charge on any atom is -0.494 e. The summed E-state index contributed by atoms with van der Waals surface area (Å²) in [6.07, 6.45) is 0.307. The van der Waals surface area contributed by atoms with Gasteiger partial charge < -0.3 is 15.2 Å². The fourth-order valence-electron chi connectivity index (χ4n) is 2.63. The van der Waals surface area contributed by atoms with Gasteiger partial charge in [0, 0.05) is 12.6 Å². The van der Waals surface area contributed by atoms with E-state index >= 15 is 0 Å². The van der Waals surface area contributed by atoms with Crippen molar-refractivity contribution in [2.45, 2.75) is 37.7 Å². The zero-order valence-corrected chi connectivity index (χ0v) is 13.3. The molecular weight excluding hydrogens is 290 g/mol. The molecule has 1 aromatic carbocycles. The highest BCUT2D eigenvalue weighted by Gasteiger charge is 2.36. The van der Waals surface area contributed by atoms with Crippen LogP contribution in [0.25, 0.3) is 0 Å². The third kappa shape index (κ3) is 3.96. The minimum absolute atomic E-state index is 0.0562. The molecule has 21 heavy (non-hydrogen) atoms. The molecule has 1 aliphatic rings. The van der Waals surface area contributed by atoms with Crippen LogP contribution in [0.2, 0.25) is 0 Å². The summed E-state index contributed by atoms with van der Waals surface area (Å²) in [5.74, 6) is 0.702. The molecule has 0 aromatic heterocycles. The first-order valence-electron chi connectivity index (χ1n) is 7.25. The lowest BCUT2D eigenvalue weighted by Gasteiger charge is -2.18. The van der Waals surface area contributed by atoms with E-state index in [9.17, 15) is 8.42 Å². The number of nitrogens with two attached hydrogens (primary N) is 1. The maximum absolute atomic E-state index is 12.4. The summed E-state index contributed by atoms with van der Waals surface area (Å²) in [5, 5.41) is -0.439. The van der Waals surface area contributed by atoms with Crippen LogP contribution >= 0.6 is 0 Å². The number of hydrogen-bond donors (Lipinski definition) is 1. The van der Waals surface area contributed by atoms with Crippen molar-refractivity contribution in [2.24, 2.45) is 5.73 Å². The summed E-state index contributed by atoms with van der Waals surface area (Å²) in [6, 6.07) is 6.73. The normalized spacial score (nSPS) is 24.0. The maximum atomic E-state index is 12.4. The number of benzene rings is 1. The first-order chi connectivity index (χ1) is 9.94. The van der Waals surface area contributed by atoms with E-state index in [2.05, 4.69) is 0 Å². The van der Waals surface area contributed by atoms with E-state index in [0.717, 1.165) is 11.3 Å². The Morgan fingerprint density at radius 2 is 2.05 bits per heavy atom. The fourth-order valence-corrected chi connectivity index (χ4v) is 4.69. The molecule has 2 N–H and O–H groups in total. The molecule has 1 aliphatic heterocycles. The van der Waals surface area contributed by atoms with Crippen LogP contribution in [0, 0.1) is 0 Å². The van der Waals surface area contributed by atoms with Crippen molar-refractivity contribution in [3.63, 3.8) is 0 Å². The van der Waals surface area contributed by atoms with Crippen LogP contribution in [0.5, 0.6) is 5.75 Å². The van der Waals surface area contributed by atoms with Crippen molar-refractivity contribution >= 4 is 9.84 Å². The summed E-state index contributed by atoms with van der Waals surface area (Å²) >= 11 is 0. The number of ether oxygens (including phenoxy) is 2. The van der Waals surface area contributed by atoms with Crippen molar-refractivity contribution < 1.29 is 17.9 Å². The molecule has 0 spiro atoms. The van der Waals surface area contributed by atoms with Crippen LogP contribution in [-0.2, 0) is 14.6 Å². The Morgan fingerprint density at radius 3 is 2.57 bits per heavy atom. The van der Waals surface area contributed by atoms with E-state index in [1.54, 1.807) is 6.92 Å². The zero-order valence-electron chi connectivity index (χ0n) is 12.5. The Bertz CT molecular complexity index is 556. The smallest absolute Gasteiger partial charge is 0.157 e. The van der Waals surface area contributed by atoms with Crippen LogP contribution in [0.1, 0.15) is 31.9 Å². The molecule has 1 aromatic rings. The first kappa shape index (κ1) is 16.3. The molecule has 1 heterocycles. The van der Waals surface area contributed by atoms with Gasteiger partial charge in [-0.05, 0) is 38.0 Å². The number of rotatable bonds is 6. The summed E-state index contributed by atoms with van der Waals surface area (Å²) in [6.45, 7) is 4.82.